The number of benzene rings is 2. The van der Waals surface area contributed by atoms with E-state index in [0.717, 1.165) is 5.56 Å². The van der Waals surface area contributed by atoms with Crippen molar-refractivity contribution in [2.45, 2.75) is 25.8 Å². The highest BCUT2D eigenvalue weighted by Crippen LogP contribution is 2.23. The van der Waals surface area contributed by atoms with Gasteiger partial charge >= 0.3 is 0 Å². The first-order valence-corrected chi connectivity index (χ1v) is 8.86. The van der Waals surface area contributed by atoms with Gasteiger partial charge in [0.2, 0.25) is 5.91 Å². The van der Waals surface area contributed by atoms with E-state index in [0.29, 0.717) is 22.6 Å². The molecular formula is C20H19ClN2O3. The molecule has 1 aliphatic heterocycles. The summed E-state index contributed by atoms with van der Waals surface area (Å²) in [6, 6.07) is 13.9. The van der Waals surface area contributed by atoms with Crippen molar-refractivity contribution in [1.29, 1.82) is 0 Å². The molecule has 0 radical (unpaired) electrons. The van der Waals surface area contributed by atoms with Gasteiger partial charge in [-0.05, 0) is 37.1 Å². The first-order valence-electron chi connectivity index (χ1n) is 8.48. The van der Waals surface area contributed by atoms with Gasteiger partial charge in [-0.25, -0.2) is 0 Å². The summed E-state index contributed by atoms with van der Waals surface area (Å²) in [6.07, 6.45) is 0.634. The van der Waals surface area contributed by atoms with Crippen LogP contribution >= 0.6 is 11.6 Å². The van der Waals surface area contributed by atoms with E-state index in [-0.39, 0.29) is 36.7 Å². The first-order chi connectivity index (χ1) is 12.5. The van der Waals surface area contributed by atoms with Crippen LogP contribution < -0.4 is 5.32 Å². The summed E-state index contributed by atoms with van der Waals surface area (Å²) >= 11 is 6.14. The zero-order chi connectivity index (χ0) is 18.7. The number of carbonyl (C=O) groups excluding carboxylic acids is 3. The predicted molar refractivity (Wildman–Crippen MR) is 99.1 cm³/mol. The third-order valence-corrected chi connectivity index (χ3v) is 4.76. The lowest BCUT2D eigenvalue weighted by Gasteiger charge is -2.17. The highest BCUT2D eigenvalue weighted by molar-refractivity contribution is 6.31. The fourth-order valence-corrected chi connectivity index (χ4v) is 3.36. The maximum absolute atomic E-state index is 12.3. The maximum atomic E-state index is 12.3. The molecule has 0 saturated carbocycles. The van der Waals surface area contributed by atoms with E-state index in [1.807, 2.05) is 25.1 Å². The molecule has 0 saturated heterocycles. The third kappa shape index (κ3) is 3.63. The number of carbonyl (C=O) groups is 3. The molecule has 0 aromatic heterocycles. The molecule has 1 N–H and O–H groups in total. The van der Waals surface area contributed by atoms with Gasteiger partial charge in [-0.1, -0.05) is 41.9 Å². The molecule has 0 fully saturated rings. The lowest BCUT2D eigenvalue weighted by atomic mass is 10.1. The van der Waals surface area contributed by atoms with Crippen LogP contribution in [0.15, 0.2) is 48.5 Å². The molecule has 0 spiro atoms. The van der Waals surface area contributed by atoms with Crippen LogP contribution in [0.4, 0.5) is 0 Å². The Hall–Kier alpha value is -2.66. The summed E-state index contributed by atoms with van der Waals surface area (Å²) in [6.45, 7) is 2.09. The van der Waals surface area contributed by atoms with E-state index in [1.165, 1.54) is 4.90 Å². The summed E-state index contributed by atoms with van der Waals surface area (Å²) in [4.78, 5) is 37.9. The third-order valence-electron chi connectivity index (χ3n) is 4.41. The summed E-state index contributed by atoms with van der Waals surface area (Å²) in [5.41, 5.74) is 1.70. The van der Waals surface area contributed by atoms with Gasteiger partial charge < -0.3 is 5.32 Å². The minimum atomic E-state index is -0.296. The Labute approximate surface area is 156 Å². The molecule has 134 valence electrons. The number of fused-ring (bicyclic) bond motifs is 1. The molecule has 0 aliphatic carbocycles. The summed E-state index contributed by atoms with van der Waals surface area (Å²) < 4.78 is 0. The van der Waals surface area contributed by atoms with Gasteiger partial charge in [-0.15, -0.1) is 0 Å². The molecule has 0 bridgehead atoms. The van der Waals surface area contributed by atoms with Crippen molar-refractivity contribution >= 4 is 29.3 Å². The van der Waals surface area contributed by atoms with Gasteiger partial charge in [0.05, 0.1) is 17.2 Å². The number of nitrogens with zero attached hydrogens (tertiary/aromatic N) is 1. The monoisotopic (exact) mass is 370 g/mol. The number of imide groups is 1. The van der Waals surface area contributed by atoms with Crippen LogP contribution in [0.5, 0.6) is 0 Å². The molecule has 2 aromatic carbocycles. The Kier molecular flexibility index (Phi) is 5.38. The number of hydrogen-bond acceptors (Lipinski definition) is 3. The number of hydrogen-bond donors (Lipinski definition) is 1. The van der Waals surface area contributed by atoms with Gasteiger partial charge in [0.15, 0.2) is 0 Å². The fraction of sp³-hybridized carbons (Fsp3) is 0.250. The summed E-state index contributed by atoms with van der Waals surface area (Å²) in [5.74, 6) is -0.736. The Balaban J connectivity index is 1.51. The normalized spacial score (nSPS) is 14.3. The first kappa shape index (κ1) is 18.1. The SMILES string of the molecule is CC(NC(=O)CCCN1C(=O)c2ccccc2C1=O)c1ccccc1Cl. The lowest BCUT2D eigenvalue weighted by Crippen LogP contribution is -2.32. The van der Waals surface area contributed by atoms with Crippen LogP contribution in [-0.2, 0) is 4.79 Å². The highest BCUT2D eigenvalue weighted by Gasteiger charge is 2.34. The molecule has 1 unspecified atom stereocenters. The van der Waals surface area contributed by atoms with E-state index < -0.39 is 0 Å². The number of amides is 3. The Bertz CT molecular complexity index is 831. The smallest absolute Gasteiger partial charge is 0.261 e. The van der Waals surface area contributed by atoms with Crippen molar-refractivity contribution in [3.05, 3.63) is 70.2 Å². The summed E-state index contributed by atoms with van der Waals surface area (Å²) in [5, 5.41) is 3.49. The molecule has 26 heavy (non-hydrogen) atoms. The number of nitrogens with one attached hydrogen (secondary N) is 1. The average molecular weight is 371 g/mol. The molecule has 1 heterocycles. The van der Waals surface area contributed by atoms with Crippen LogP contribution in [0.1, 0.15) is 52.1 Å². The van der Waals surface area contributed by atoms with Crippen molar-refractivity contribution < 1.29 is 14.4 Å². The second-order valence-electron chi connectivity index (χ2n) is 6.22. The standard InChI is InChI=1S/C20H19ClN2O3/c1-13(14-7-4-5-10-17(14)21)22-18(24)11-6-12-23-19(25)15-8-2-3-9-16(15)20(23)26/h2-5,7-10,13H,6,11-12H2,1H3,(H,22,24). The predicted octanol–water partition coefficient (Wildman–Crippen LogP) is 3.59. The van der Waals surface area contributed by atoms with Crippen LogP contribution in [0.2, 0.25) is 5.02 Å². The van der Waals surface area contributed by atoms with Crippen molar-refractivity contribution in [2.24, 2.45) is 0 Å². The number of rotatable bonds is 6. The Morgan fingerprint density at radius 3 is 2.23 bits per heavy atom. The van der Waals surface area contributed by atoms with Gasteiger partial charge in [-0.3, -0.25) is 19.3 Å². The van der Waals surface area contributed by atoms with Gasteiger partial charge in [-0.2, -0.15) is 0 Å². The van der Waals surface area contributed by atoms with Gasteiger partial charge in [0, 0.05) is 18.0 Å². The van der Waals surface area contributed by atoms with Crippen LogP contribution in [-0.4, -0.2) is 29.2 Å². The van der Waals surface area contributed by atoms with Crippen LogP contribution in [0.25, 0.3) is 0 Å². The van der Waals surface area contributed by atoms with Crippen LogP contribution in [0, 0.1) is 0 Å². The molecule has 1 atom stereocenters. The van der Waals surface area contributed by atoms with E-state index in [9.17, 15) is 14.4 Å². The van der Waals surface area contributed by atoms with E-state index in [4.69, 9.17) is 11.6 Å². The highest BCUT2D eigenvalue weighted by atomic mass is 35.5. The van der Waals surface area contributed by atoms with E-state index >= 15 is 0 Å². The zero-order valence-corrected chi connectivity index (χ0v) is 15.1. The van der Waals surface area contributed by atoms with E-state index in [1.54, 1.807) is 30.3 Å². The number of halogens is 1. The van der Waals surface area contributed by atoms with Crippen molar-refractivity contribution in [3.8, 4) is 0 Å². The van der Waals surface area contributed by atoms with Crippen LogP contribution in [0.3, 0.4) is 0 Å². The quantitative estimate of drug-likeness (QED) is 0.790. The average Bonchev–Trinajstić information content (AvgIpc) is 2.87. The fourth-order valence-electron chi connectivity index (χ4n) is 3.06. The second kappa shape index (κ2) is 7.70. The molecular weight excluding hydrogens is 352 g/mol. The second-order valence-corrected chi connectivity index (χ2v) is 6.63. The maximum Gasteiger partial charge on any atom is 0.261 e. The molecule has 5 nitrogen and oxygen atoms in total. The minimum absolute atomic E-state index is 0.144. The molecule has 2 aromatic rings. The Morgan fingerprint density at radius 1 is 1.04 bits per heavy atom. The van der Waals surface area contributed by atoms with Crippen molar-refractivity contribution in [3.63, 3.8) is 0 Å². The zero-order valence-electron chi connectivity index (χ0n) is 14.4. The Morgan fingerprint density at radius 2 is 1.62 bits per heavy atom. The molecule has 3 amide bonds. The minimum Gasteiger partial charge on any atom is -0.350 e. The lowest BCUT2D eigenvalue weighted by molar-refractivity contribution is -0.121. The molecule has 1 aliphatic rings. The molecule has 6 heteroatoms. The van der Waals surface area contributed by atoms with Crippen molar-refractivity contribution in [1.82, 2.24) is 10.2 Å². The summed E-state index contributed by atoms with van der Waals surface area (Å²) in [7, 11) is 0. The van der Waals surface area contributed by atoms with Gasteiger partial charge in [0.1, 0.15) is 0 Å². The largest absolute Gasteiger partial charge is 0.350 e. The van der Waals surface area contributed by atoms with Crippen molar-refractivity contribution in [2.75, 3.05) is 6.54 Å². The topological polar surface area (TPSA) is 66.5 Å². The van der Waals surface area contributed by atoms with Gasteiger partial charge in [0.25, 0.3) is 11.8 Å². The van der Waals surface area contributed by atoms with E-state index in [2.05, 4.69) is 5.32 Å². The molecule has 3 rings (SSSR count).